The number of benzene rings is 2. The average Bonchev–Trinajstić information content (AvgIpc) is 3.69. The summed E-state index contributed by atoms with van der Waals surface area (Å²) in [5, 5.41) is 11.5. The second-order valence-corrected chi connectivity index (χ2v) is 10.0. The predicted molar refractivity (Wildman–Crippen MR) is 143 cm³/mol. The molecule has 1 aliphatic rings. The summed E-state index contributed by atoms with van der Waals surface area (Å²) in [6.07, 6.45) is 4.89. The largest absolute Gasteiger partial charge is 0.504 e. The number of anilines is 2. The summed E-state index contributed by atoms with van der Waals surface area (Å²) < 4.78 is 0. The van der Waals surface area contributed by atoms with E-state index in [0.717, 1.165) is 39.5 Å². The van der Waals surface area contributed by atoms with Gasteiger partial charge in [0.25, 0.3) is 5.56 Å². The topological polar surface area (TPSA) is 69.2 Å². The maximum atomic E-state index is 13.1. The van der Waals surface area contributed by atoms with Gasteiger partial charge in [0.15, 0.2) is 5.75 Å². The van der Waals surface area contributed by atoms with Gasteiger partial charge in [-0.05, 0) is 74.9 Å². The van der Waals surface area contributed by atoms with Crippen LogP contribution in [0, 0.1) is 12.8 Å². The van der Waals surface area contributed by atoms with Gasteiger partial charge in [-0.15, -0.1) is 0 Å². The zero-order valence-electron chi connectivity index (χ0n) is 20.0. The van der Waals surface area contributed by atoms with Crippen molar-refractivity contribution in [1.29, 1.82) is 0 Å². The molecule has 1 aliphatic carbocycles. The van der Waals surface area contributed by atoms with E-state index >= 15 is 0 Å². The van der Waals surface area contributed by atoms with Crippen LogP contribution in [0.25, 0.3) is 11.1 Å². The zero-order valence-corrected chi connectivity index (χ0v) is 20.8. The molecule has 2 N–H and O–H groups in total. The summed E-state index contributed by atoms with van der Waals surface area (Å²) in [4.78, 5) is 23.9. The smallest absolute Gasteiger partial charge is 0.266 e. The molecule has 4 aromatic rings. The summed E-state index contributed by atoms with van der Waals surface area (Å²) in [5.74, 6) is 0.618. The standard InChI is InChI=1S/C29H29N3O2S/c1-3-32(22-8-5-4-6-9-22)26-25(18-20-11-12-20)31-29(34)28(27(26)33)35-23-15-13-21(14-16-23)24-10-7-17-30-19(24)2/h4-10,13-17,20H,3,11-12,18H2,1-2H3,(H2,31,33,34). The summed E-state index contributed by atoms with van der Waals surface area (Å²) in [6.45, 7) is 4.72. The highest BCUT2D eigenvalue weighted by atomic mass is 32.2. The third kappa shape index (κ3) is 4.98. The van der Waals surface area contributed by atoms with E-state index in [4.69, 9.17) is 0 Å². The molecule has 6 heteroatoms. The van der Waals surface area contributed by atoms with Crippen LogP contribution in [0.2, 0.25) is 0 Å². The lowest BCUT2D eigenvalue weighted by Gasteiger charge is -2.27. The van der Waals surface area contributed by atoms with Gasteiger partial charge >= 0.3 is 0 Å². The number of hydrogen-bond acceptors (Lipinski definition) is 5. The summed E-state index contributed by atoms with van der Waals surface area (Å²) in [5.41, 5.74) is 5.38. The van der Waals surface area contributed by atoms with E-state index in [-0.39, 0.29) is 11.3 Å². The Morgan fingerprint density at radius 2 is 1.80 bits per heavy atom. The van der Waals surface area contributed by atoms with E-state index in [1.807, 2.05) is 67.6 Å². The van der Waals surface area contributed by atoms with Crippen LogP contribution in [-0.2, 0) is 6.42 Å². The minimum atomic E-state index is -0.247. The quantitative estimate of drug-likeness (QED) is 0.291. The maximum Gasteiger partial charge on any atom is 0.266 e. The van der Waals surface area contributed by atoms with Crippen molar-refractivity contribution in [2.45, 2.75) is 42.9 Å². The Morgan fingerprint density at radius 3 is 2.46 bits per heavy atom. The molecule has 5 nitrogen and oxygen atoms in total. The van der Waals surface area contributed by atoms with Crippen molar-refractivity contribution in [3.05, 3.63) is 94.7 Å². The Bertz CT molecular complexity index is 1380. The Labute approximate surface area is 209 Å². The maximum absolute atomic E-state index is 13.1. The van der Waals surface area contributed by atoms with Gasteiger partial charge in [-0.1, -0.05) is 48.2 Å². The van der Waals surface area contributed by atoms with Gasteiger partial charge in [0, 0.05) is 40.3 Å². The van der Waals surface area contributed by atoms with Gasteiger partial charge in [-0.25, -0.2) is 0 Å². The third-order valence-corrected chi connectivity index (χ3v) is 7.52. The molecule has 5 rings (SSSR count). The molecule has 0 spiro atoms. The first-order chi connectivity index (χ1) is 17.0. The van der Waals surface area contributed by atoms with Crippen molar-refractivity contribution in [2.24, 2.45) is 5.92 Å². The lowest BCUT2D eigenvalue weighted by Crippen LogP contribution is -2.22. The molecule has 178 valence electrons. The van der Waals surface area contributed by atoms with Crippen LogP contribution in [-0.4, -0.2) is 21.6 Å². The molecule has 0 bridgehead atoms. The van der Waals surface area contributed by atoms with Crippen molar-refractivity contribution in [3.8, 4) is 16.9 Å². The molecule has 0 saturated heterocycles. The van der Waals surface area contributed by atoms with Crippen LogP contribution in [0.4, 0.5) is 11.4 Å². The van der Waals surface area contributed by atoms with Gasteiger partial charge in [0.2, 0.25) is 0 Å². The minimum absolute atomic E-state index is 0.0484. The van der Waals surface area contributed by atoms with E-state index in [1.165, 1.54) is 24.6 Å². The first-order valence-electron chi connectivity index (χ1n) is 12.1. The molecule has 1 fully saturated rings. The van der Waals surface area contributed by atoms with E-state index < -0.39 is 0 Å². The fourth-order valence-corrected chi connectivity index (χ4v) is 5.29. The second kappa shape index (κ2) is 10.0. The number of rotatable bonds is 8. The molecule has 0 unspecified atom stereocenters. The Kier molecular flexibility index (Phi) is 6.64. The number of H-pyrrole nitrogens is 1. The molecule has 2 heterocycles. The van der Waals surface area contributed by atoms with E-state index in [2.05, 4.69) is 27.9 Å². The van der Waals surface area contributed by atoms with Crippen molar-refractivity contribution >= 4 is 23.1 Å². The van der Waals surface area contributed by atoms with Gasteiger partial charge in [-0.2, -0.15) is 0 Å². The summed E-state index contributed by atoms with van der Waals surface area (Å²) >= 11 is 1.29. The monoisotopic (exact) mass is 483 g/mol. The number of nitrogens with one attached hydrogen (secondary N) is 1. The Balaban J connectivity index is 1.52. The summed E-state index contributed by atoms with van der Waals surface area (Å²) in [6, 6.07) is 22.0. The highest BCUT2D eigenvalue weighted by Crippen LogP contribution is 2.44. The van der Waals surface area contributed by atoms with Crippen molar-refractivity contribution in [1.82, 2.24) is 9.97 Å². The lowest BCUT2D eigenvalue weighted by molar-refractivity contribution is 0.458. The molecule has 0 radical (unpaired) electrons. The number of aryl methyl sites for hydroxylation is 1. The van der Waals surface area contributed by atoms with Gasteiger partial charge in [0.05, 0.1) is 0 Å². The second-order valence-electron chi connectivity index (χ2n) is 8.95. The molecule has 2 aromatic heterocycles. The number of hydrogen-bond donors (Lipinski definition) is 2. The number of aromatic amines is 1. The van der Waals surface area contributed by atoms with Crippen LogP contribution in [0.3, 0.4) is 0 Å². The number of aromatic hydroxyl groups is 1. The summed E-state index contributed by atoms with van der Waals surface area (Å²) in [7, 11) is 0. The fourth-order valence-electron chi connectivity index (χ4n) is 4.44. The lowest BCUT2D eigenvalue weighted by atomic mass is 10.1. The Hall–Kier alpha value is -3.51. The normalized spacial score (nSPS) is 13.1. The van der Waals surface area contributed by atoms with Crippen LogP contribution < -0.4 is 10.5 Å². The predicted octanol–water partition coefficient (Wildman–Crippen LogP) is 6.71. The minimum Gasteiger partial charge on any atom is -0.504 e. The molecule has 1 saturated carbocycles. The van der Waals surface area contributed by atoms with Gasteiger partial charge in [-0.3, -0.25) is 9.78 Å². The van der Waals surface area contributed by atoms with Gasteiger partial charge < -0.3 is 15.0 Å². The van der Waals surface area contributed by atoms with Crippen molar-refractivity contribution in [2.75, 3.05) is 11.4 Å². The molecule has 35 heavy (non-hydrogen) atoms. The first kappa shape index (κ1) is 23.2. The third-order valence-electron chi connectivity index (χ3n) is 6.43. The first-order valence-corrected chi connectivity index (χ1v) is 12.9. The Morgan fingerprint density at radius 1 is 1.06 bits per heavy atom. The number of para-hydroxylation sites is 1. The highest BCUT2D eigenvalue weighted by molar-refractivity contribution is 7.99. The molecular weight excluding hydrogens is 454 g/mol. The highest BCUT2D eigenvalue weighted by Gasteiger charge is 2.28. The van der Waals surface area contributed by atoms with Crippen LogP contribution in [0.1, 0.15) is 31.2 Å². The number of nitrogens with zero attached hydrogens (tertiary/aromatic N) is 2. The fraction of sp³-hybridized carbons (Fsp3) is 0.241. The average molecular weight is 484 g/mol. The molecule has 0 amide bonds. The van der Waals surface area contributed by atoms with Gasteiger partial charge in [0.1, 0.15) is 10.6 Å². The van der Waals surface area contributed by atoms with Crippen LogP contribution in [0.15, 0.2) is 87.5 Å². The molecule has 0 atom stereocenters. The molecule has 2 aromatic carbocycles. The van der Waals surface area contributed by atoms with Crippen molar-refractivity contribution in [3.63, 3.8) is 0 Å². The number of aromatic nitrogens is 2. The van der Waals surface area contributed by atoms with E-state index in [0.29, 0.717) is 23.0 Å². The zero-order chi connectivity index (χ0) is 24.4. The molecule has 0 aliphatic heterocycles. The van der Waals surface area contributed by atoms with Crippen molar-refractivity contribution < 1.29 is 5.11 Å². The van der Waals surface area contributed by atoms with E-state index in [1.54, 1.807) is 6.20 Å². The molecular formula is C29H29N3O2S. The SMILES string of the molecule is CCN(c1ccccc1)c1c(CC2CC2)[nH]c(=O)c(Sc2ccc(-c3cccnc3C)cc2)c1O. The van der Waals surface area contributed by atoms with Crippen LogP contribution >= 0.6 is 11.8 Å². The number of pyridine rings is 2. The van der Waals surface area contributed by atoms with Crippen LogP contribution in [0.5, 0.6) is 5.75 Å². The van der Waals surface area contributed by atoms with E-state index in [9.17, 15) is 9.90 Å².